The summed E-state index contributed by atoms with van der Waals surface area (Å²) in [5.41, 5.74) is 2.05. The molecule has 140 valence electrons. The molecule has 0 spiro atoms. The first-order valence-corrected chi connectivity index (χ1v) is 10.3. The van der Waals surface area contributed by atoms with Gasteiger partial charge in [-0.05, 0) is 50.5 Å². The number of amides is 1. The molecule has 1 aliphatic rings. The topological polar surface area (TPSA) is 69.7 Å². The fourth-order valence-corrected chi connectivity index (χ4v) is 4.28. The Bertz CT molecular complexity index is 710. The lowest BCUT2D eigenvalue weighted by Crippen LogP contribution is -2.51. The Morgan fingerprint density at radius 2 is 1.80 bits per heavy atom. The minimum atomic E-state index is -3.47. The molecule has 1 aliphatic heterocycles. The van der Waals surface area contributed by atoms with Gasteiger partial charge in [0.2, 0.25) is 15.9 Å². The average Bonchev–Trinajstić information content (AvgIpc) is 2.57. The minimum absolute atomic E-state index is 0.000170. The van der Waals surface area contributed by atoms with E-state index in [1.165, 1.54) is 4.31 Å². The molecule has 1 heterocycles. The maximum absolute atomic E-state index is 12.8. The SMILES string of the molecule is CC[C@H](C)NC(=O)CN1CCN(S(=O)(=O)c2ccc(C)c(C)c2)CC1. The first-order valence-electron chi connectivity index (χ1n) is 8.83. The number of hydrogen-bond acceptors (Lipinski definition) is 4. The van der Waals surface area contributed by atoms with Crippen LogP contribution in [0.25, 0.3) is 0 Å². The summed E-state index contributed by atoms with van der Waals surface area (Å²) in [7, 11) is -3.47. The molecule has 0 aliphatic carbocycles. The van der Waals surface area contributed by atoms with Gasteiger partial charge in [-0.15, -0.1) is 0 Å². The smallest absolute Gasteiger partial charge is 0.243 e. The van der Waals surface area contributed by atoms with Gasteiger partial charge in [-0.2, -0.15) is 4.31 Å². The van der Waals surface area contributed by atoms with Gasteiger partial charge in [0.05, 0.1) is 11.4 Å². The monoisotopic (exact) mass is 367 g/mol. The highest BCUT2D eigenvalue weighted by molar-refractivity contribution is 7.89. The van der Waals surface area contributed by atoms with Crippen molar-refractivity contribution in [1.29, 1.82) is 0 Å². The lowest BCUT2D eigenvalue weighted by molar-refractivity contribution is -0.123. The highest BCUT2D eigenvalue weighted by atomic mass is 32.2. The molecule has 0 saturated carbocycles. The second-order valence-corrected chi connectivity index (χ2v) is 8.74. The third kappa shape index (κ3) is 5.03. The second kappa shape index (κ2) is 8.29. The van der Waals surface area contributed by atoms with Gasteiger partial charge in [0.1, 0.15) is 0 Å². The highest BCUT2D eigenvalue weighted by Crippen LogP contribution is 2.20. The molecule has 1 aromatic rings. The summed E-state index contributed by atoms with van der Waals surface area (Å²) < 4.78 is 27.1. The van der Waals surface area contributed by atoms with Crippen molar-refractivity contribution in [2.75, 3.05) is 32.7 Å². The maximum atomic E-state index is 12.8. The van der Waals surface area contributed by atoms with Crippen molar-refractivity contribution in [2.24, 2.45) is 0 Å². The van der Waals surface area contributed by atoms with Gasteiger partial charge < -0.3 is 5.32 Å². The number of nitrogens with one attached hydrogen (secondary N) is 1. The van der Waals surface area contributed by atoms with E-state index >= 15 is 0 Å². The van der Waals surface area contributed by atoms with Gasteiger partial charge in [-0.1, -0.05) is 13.0 Å². The van der Waals surface area contributed by atoms with Crippen LogP contribution in [-0.4, -0.2) is 62.3 Å². The van der Waals surface area contributed by atoms with E-state index in [2.05, 4.69) is 5.32 Å². The third-order valence-corrected chi connectivity index (χ3v) is 6.73. The molecule has 0 aromatic heterocycles. The molecule has 1 aromatic carbocycles. The molecule has 0 bridgehead atoms. The van der Waals surface area contributed by atoms with Crippen LogP contribution in [0.3, 0.4) is 0 Å². The molecule has 1 atom stereocenters. The number of sulfonamides is 1. The van der Waals surface area contributed by atoms with E-state index in [1.54, 1.807) is 12.1 Å². The molecular formula is C18H29N3O3S. The first-order chi connectivity index (χ1) is 11.7. The zero-order valence-electron chi connectivity index (χ0n) is 15.6. The number of nitrogens with zero attached hydrogens (tertiary/aromatic N) is 2. The molecule has 1 amide bonds. The summed E-state index contributed by atoms with van der Waals surface area (Å²) in [6.07, 6.45) is 0.897. The fraction of sp³-hybridized carbons (Fsp3) is 0.611. The summed E-state index contributed by atoms with van der Waals surface area (Å²) >= 11 is 0. The standard InChI is InChI=1S/C18H29N3O3S/c1-5-16(4)19-18(22)13-20-8-10-21(11-9-20)25(23,24)17-7-6-14(2)15(3)12-17/h6-7,12,16H,5,8-11,13H2,1-4H3,(H,19,22)/t16-/m0/s1. The highest BCUT2D eigenvalue weighted by Gasteiger charge is 2.29. The van der Waals surface area contributed by atoms with E-state index in [-0.39, 0.29) is 11.9 Å². The van der Waals surface area contributed by atoms with Crippen LogP contribution < -0.4 is 5.32 Å². The van der Waals surface area contributed by atoms with Crippen LogP contribution in [0.5, 0.6) is 0 Å². The quantitative estimate of drug-likeness (QED) is 0.828. The van der Waals surface area contributed by atoms with Gasteiger partial charge in [0.15, 0.2) is 0 Å². The maximum Gasteiger partial charge on any atom is 0.243 e. The number of aryl methyl sites for hydroxylation is 2. The molecule has 25 heavy (non-hydrogen) atoms. The summed E-state index contributed by atoms with van der Waals surface area (Å²) in [6, 6.07) is 5.41. The van der Waals surface area contributed by atoms with Crippen molar-refractivity contribution in [2.45, 2.75) is 45.1 Å². The molecule has 6 nitrogen and oxygen atoms in total. The minimum Gasteiger partial charge on any atom is -0.353 e. The number of carbonyl (C=O) groups is 1. The Balaban J connectivity index is 1.94. The van der Waals surface area contributed by atoms with E-state index < -0.39 is 10.0 Å². The van der Waals surface area contributed by atoms with Crippen LogP contribution in [-0.2, 0) is 14.8 Å². The number of carbonyl (C=O) groups excluding carboxylic acids is 1. The lowest BCUT2D eigenvalue weighted by atomic mass is 10.1. The van der Waals surface area contributed by atoms with Crippen molar-refractivity contribution in [3.63, 3.8) is 0 Å². The summed E-state index contributed by atoms with van der Waals surface area (Å²) in [6.45, 7) is 10.2. The van der Waals surface area contributed by atoms with Crippen LogP contribution in [0.4, 0.5) is 0 Å². The van der Waals surface area contributed by atoms with E-state index in [1.807, 2.05) is 38.7 Å². The summed E-state index contributed by atoms with van der Waals surface area (Å²) in [5.74, 6) is -0.000170. The number of benzene rings is 1. The fourth-order valence-electron chi connectivity index (χ4n) is 2.78. The molecule has 1 N–H and O–H groups in total. The molecular weight excluding hydrogens is 338 g/mol. The molecule has 0 radical (unpaired) electrons. The predicted molar refractivity (Wildman–Crippen MR) is 99.0 cm³/mol. The van der Waals surface area contributed by atoms with Crippen molar-refractivity contribution in [3.8, 4) is 0 Å². The molecule has 7 heteroatoms. The average molecular weight is 368 g/mol. The van der Waals surface area contributed by atoms with Gasteiger partial charge in [-0.3, -0.25) is 9.69 Å². The Morgan fingerprint density at radius 3 is 2.36 bits per heavy atom. The van der Waals surface area contributed by atoms with E-state index in [9.17, 15) is 13.2 Å². The zero-order chi connectivity index (χ0) is 18.6. The molecule has 1 saturated heterocycles. The van der Waals surface area contributed by atoms with E-state index in [0.29, 0.717) is 37.6 Å². The predicted octanol–water partition coefficient (Wildman–Crippen LogP) is 1.52. The van der Waals surface area contributed by atoms with Crippen LogP contribution in [0, 0.1) is 13.8 Å². The molecule has 1 fully saturated rings. The largest absolute Gasteiger partial charge is 0.353 e. The van der Waals surface area contributed by atoms with Crippen molar-refractivity contribution in [3.05, 3.63) is 29.3 Å². The summed E-state index contributed by atoms with van der Waals surface area (Å²) in [5, 5.41) is 2.94. The van der Waals surface area contributed by atoms with E-state index in [0.717, 1.165) is 17.5 Å². The van der Waals surface area contributed by atoms with Gasteiger partial charge in [0, 0.05) is 32.2 Å². The van der Waals surface area contributed by atoms with Crippen LogP contribution in [0.15, 0.2) is 23.1 Å². The van der Waals surface area contributed by atoms with Crippen LogP contribution >= 0.6 is 0 Å². The van der Waals surface area contributed by atoms with Gasteiger partial charge >= 0.3 is 0 Å². The summed E-state index contributed by atoms with van der Waals surface area (Å²) in [4.78, 5) is 14.3. The zero-order valence-corrected chi connectivity index (χ0v) is 16.4. The van der Waals surface area contributed by atoms with Crippen LogP contribution in [0.1, 0.15) is 31.4 Å². The Labute approximate surface area is 151 Å². The lowest BCUT2D eigenvalue weighted by Gasteiger charge is -2.33. The van der Waals surface area contributed by atoms with Crippen molar-refractivity contribution < 1.29 is 13.2 Å². The Kier molecular flexibility index (Phi) is 6.59. The Hall–Kier alpha value is -1.44. The van der Waals surface area contributed by atoms with E-state index in [4.69, 9.17) is 0 Å². The third-order valence-electron chi connectivity index (χ3n) is 4.83. The van der Waals surface area contributed by atoms with Gasteiger partial charge in [0.25, 0.3) is 0 Å². The van der Waals surface area contributed by atoms with Crippen molar-refractivity contribution in [1.82, 2.24) is 14.5 Å². The number of piperazine rings is 1. The molecule has 2 rings (SSSR count). The van der Waals surface area contributed by atoms with Gasteiger partial charge in [-0.25, -0.2) is 8.42 Å². The Morgan fingerprint density at radius 1 is 1.16 bits per heavy atom. The second-order valence-electron chi connectivity index (χ2n) is 6.80. The number of rotatable bonds is 6. The molecule has 0 unspecified atom stereocenters. The first kappa shape index (κ1) is 19.9. The van der Waals surface area contributed by atoms with Crippen molar-refractivity contribution >= 4 is 15.9 Å². The normalized spacial score (nSPS) is 18.1. The number of hydrogen-bond donors (Lipinski definition) is 1. The van der Waals surface area contributed by atoms with Crippen LogP contribution in [0.2, 0.25) is 0 Å².